The average molecular weight is 342 g/mol. The highest BCUT2D eigenvalue weighted by molar-refractivity contribution is 7.91. The van der Waals surface area contributed by atoms with Crippen LogP contribution in [0.15, 0.2) is 49.2 Å². The Balaban J connectivity index is 1.87. The summed E-state index contributed by atoms with van der Waals surface area (Å²) in [5, 5.41) is 0. The molecule has 2 aromatic heterocycles. The second-order valence-electron chi connectivity index (χ2n) is 6.20. The van der Waals surface area contributed by atoms with Crippen molar-refractivity contribution in [3.8, 4) is 22.6 Å². The lowest BCUT2D eigenvalue weighted by Crippen LogP contribution is -2.11. The van der Waals surface area contributed by atoms with Crippen LogP contribution in [0.1, 0.15) is 12.5 Å². The summed E-state index contributed by atoms with van der Waals surface area (Å²) in [7, 11) is -1.05. The van der Waals surface area contributed by atoms with Crippen molar-refractivity contribution in [3.05, 3.63) is 49.2 Å². The van der Waals surface area contributed by atoms with E-state index in [0.29, 0.717) is 6.42 Å². The van der Waals surface area contributed by atoms with E-state index in [1.807, 2.05) is 52.7 Å². The van der Waals surface area contributed by atoms with E-state index < -0.39 is 9.84 Å². The van der Waals surface area contributed by atoms with Crippen molar-refractivity contribution in [1.29, 1.82) is 0 Å². The largest absolute Gasteiger partial charge is 0.340 e. The van der Waals surface area contributed by atoms with Gasteiger partial charge in [0.2, 0.25) is 0 Å². The second-order valence-corrected chi connectivity index (χ2v) is 8.43. The fraction of sp³-hybridized carbons (Fsp3) is 0.294. The number of rotatable bonds is 3. The molecule has 3 heterocycles. The minimum absolute atomic E-state index is 0.0861. The van der Waals surface area contributed by atoms with Gasteiger partial charge in [0.1, 0.15) is 5.69 Å². The van der Waals surface area contributed by atoms with Gasteiger partial charge in [0.05, 0.1) is 41.6 Å². The highest BCUT2D eigenvalue weighted by Crippen LogP contribution is 2.35. The van der Waals surface area contributed by atoms with Crippen molar-refractivity contribution in [2.24, 2.45) is 7.05 Å². The molecule has 1 aliphatic rings. The Morgan fingerprint density at radius 1 is 1.12 bits per heavy atom. The maximum atomic E-state index is 11.9. The summed E-state index contributed by atoms with van der Waals surface area (Å²) in [6, 6.07) is 9.82. The zero-order chi connectivity index (χ0) is 16.7. The number of hydrogen-bond acceptors (Lipinski definition) is 4. The molecular weight excluding hydrogens is 324 g/mol. The van der Waals surface area contributed by atoms with Crippen molar-refractivity contribution in [3.63, 3.8) is 0 Å². The van der Waals surface area contributed by atoms with E-state index >= 15 is 0 Å². The summed E-state index contributed by atoms with van der Waals surface area (Å²) in [6.07, 6.45) is 6.04. The highest BCUT2D eigenvalue weighted by Gasteiger charge is 2.32. The van der Waals surface area contributed by atoms with E-state index in [9.17, 15) is 8.42 Å². The highest BCUT2D eigenvalue weighted by atomic mass is 32.2. The van der Waals surface area contributed by atoms with Gasteiger partial charge in [0, 0.05) is 18.8 Å². The Labute approximate surface area is 140 Å². The second kappa shape index (κ2) is 5.59. The van der Waals surface area contributed by atoms with Crippen molar-refractivity contribution >= 4 is 9.84 Å². The smallest absolute Gasteiger partial charge is 0.152 e. The monoisotopic (exact) mass is 342 g/mol. The van der Waals surface area contributed by atoms with Crippen molar-refractivity contribution in [2.45, 2.75) is 12.5 Å². The first-order chi connectivity index (χ1) is 11.5. The summed E-state index contributed by atoms with van der Waals surface area (Å²) in [5.41, 5.74) is 3.51. The number of benzene rings is 1. The molecule has 6 nitrogen and oxygen atoms in total. The molecule has 1 atom stereocenters. The maximum absolute atomic E-state index is 11.9. The van der Waals surface area contributed by atoms with E-state index in [2.05, 4.69) is 9.97 Å². The molecule has 0 bridgehead atoms. The lowest BCUT2D eigenvalue weighted by molar-refractivity contribution is 0.559. The van der Waals surface area contributed by atoms with Crippen LogP contribution in [0.2, 0.25) is 0 Å². The molecule has 0 radical (unpaired) electrons. The number of hydrogen-bond donors (Lipinski definition) is 0. The number of imidazole rings is 2. The third-order valence-electron chi connectivity index (χ3n) is 4.39. The van der Waals surface area contributed by atoms with Crippen molar-refractivity contribution < 1.29 is 8.42 Å². The molecule has 124 valence electrons. The van der Waals surface area contributed by atoms with Crippen molar-refractivity contribution in [1.82, 2.24) is 19.1 Å². The van der Waals surface area contributed by atoms with Gasteiger partial charge in [-0.3, -0.25) is 0 Å². The van der Waals surface area contributed by atoms with E-state index in [1.165, 1.54) is 0 Å². The van der Waals surface area contributed by atoms with Crippen LogP contribution in [0, 0.1) is 0 Å². The van der Waals surface area contributed by atoms with Gasteiger partial charge < -0.3 is 9.13 Å². The summed E-state index contributed by atoms with van der Waals surface area (Å²) in [6.45, 7) is 0. The van der Waals surface area contributed by atoms with Gasteiger partial charge in [-0.15, -0.1) is 0 Å². The summed E-state index contributed by atoms with van der Waals surface area (Å²) < 4.78 is 27.6. The molecule has 0 amide bonds. The summed E-state index contributed by atoms with van der Waals surface area (Å²) >= 11 is 0. The van der Waals surface area contributed by atoms with Gasteiger partial charge in [-0.25, -0.2) is 18.4 Å². The van der Waals surface area contributed by atoms with Crippen LogP contribution in [-0.4, -0.2) is 39.0 Å². The van der Waals surface area contributed by atoms with Crippen LogP contribution in [0.5, 0.6) is 0 Å². The quantitative estimate of drug-likeness (QED) is 0.732. The zero-order valence-corrected chi connectivity index (χ0v) is 14.1. The van der Waals surface area contributed by atoms with Crippen LogP contribution >= 0.6 is 0 Å². The molecule has 4 rings (SSSR count). The molecule has 7 heteroatoms. The number of aromatic nitrogens is 4. The predicted octanol–water partition coefficient (Wildman–Crippen LogP) is 2.31. The van der Waals surface area contributed by atoms with Gasteiger partial charge >= 0.3 is 0 Å². The first kappa shape index (κ1) is 15.1. The van der Waals surface area contributed by atoms with Crippen molar-refractivity contribution in [2.75, 3.05) is 11.5 Å². The standard InChI is InChI=1S/C17H18N4O2S/c1-20-9-15(18-11-20)17-16(13-5-3-2-4-6-13)19-12-21(17)14-7-8-24(22,23)10-14/h2-6,9,11-12,14H,7-8,10H2,1H3. The van der Waals surface area contributed by atoms with Gasteiger partial charge in [0.15, 0.2) is 9.84 Å². The third-order valence-corrected chi connectivity index (χ3v) is 6.14. The molecule has 3 aromatic rings. The third kappa shape index (κ3) is 2.65. The normalized spacial score (nSPS) is 19.6. The molecular formula is C17H18N4O2S. The summed E-state index contributed by atoms with van der Waals surface area (Å²) in [4.78, 5) is 9.05. The molecule has 0 spiro atoms. The molecule has 1 aliphatic heterocycles. The van der Waals surface area contributed by atoms with E-state index in [1.54, 1.807) is 12.7 Å². The molecule has 24 heavy (non-hydrogen) atoms. The number of nitrogens with zero attached hydrogens (tertiary/aromatic N) is 4. The van der Waals surface area contributed by atoms with E-state index in [0.717, 1.165) is 22.6 Å². The minimum Gasteiger partial charge on any atom is -0.340 e. The molecule has 1 aromatic carbocycles. The van der Waals surface area contributed by atoms with Gasteiger partial charge in [0.25, 0.3) is 0 Å². The fourth-order valence-corrected chi connectivity index (χ4v) is 4.94. The average Bonchev–Trinajstić information content (AvgIpc) is 3.25. The molecule has 0 saturated carbocycles. The SMILES string of the molecule is Cn1cnc(-c2c(-c3ccccc3)ncn2C2CCS(=O)(=O)C2)c1. The fourth-order valence-electron chi connectivity index (χ4n) is 3.23. The van der Waals surface area contributed by atoms with Crippen LogP contribution in [0.4, 0.5) is 0 Å². The van der Waals surface area contributed by atoms with Crippen LogP contribution < -0.4 is 0 Å². The zero-order valence-electron chi connectivity index (χ0n) is 13.3. The lowest BCUT2D eigenvalue weighted by atomic mass is 10.1. The Morgan fingerprint density at radius 3 is 2.54 bits per heavy atom. The Kier molecular flexibility index (Phi) is 3.53. The first-order valence-corrected chi connectivity index (χ1v) is 9.67. The van der Waals surface area contributed by atoms with Crippen LogP contribution in [0.3, 0.4) is 0 Å². The topological polar surface area (TPSA) is 69.8 Å². The van der Waals surface area contributed by atoms with Crippen LogP contribution in [0.25, 0.3) is 22.6 Å². The Bertz CT molecular complexity index is 973. The Hall–Kier alpha value is -2.41. The van der Waals surface area contributed by atoms with Gasteiger partial charge in [-0.1, -0.05) is 30.3 Å². The molecule has 0 N–H and O–H groups in total. The molecule has 1 saturated heterocycles. The Morgan fingerprint density at radius 2 is 1.92 bits per heavy atom. The number of sulfone groups is 1. The number of aryl methyl sites for hydroxylation is 1. The van der Waals surface area contributed by atoms with Gasteiger partial charge in [-0.2, -0.15) is 0 Å². The minimum atomic E-state index is -2.97. The van der Waals surface area contributed by atoms with E-state index in [4.69, 9.17) is 0 Å². The summed E-state index contributed by atoms with van der Waals surface area (Å²) in [5.74, 6) is 0.398. The van der Waals surface area contributed by atoms with Crippen LogP contribution in [-0.2, 0) is 16.9 Å². The molecule has 0 aliphatic carbocycles. The van der Waals surface area contributed by atoms with E-state index in [-0.39, 0.29) is 17.5 Å². The molecule has 1 unspecified atom stereocenters. The molecule has 1 fully saturated rings. The predicted molar refractivity (Wildman–Crippen MR) is 92.2 cm³/mol. The maximum Gasteiger partial charge on any atom is 0.152 e. The lowest BCUT2D eigenvalue weighted by Gasteiger charge is -2.14. The van der Waals surface area contributed by atoms with Gasteiger partial charge in [-0.05, 0) is 6.42 Å². The first-order valence-electron chi connectivity index (χ1n) is 7.84.